The van der Waals surface area contributed by atoms with E-state index in [-0.39, 0.29) is 10.9 Å². The molecule has 4 rings (SSSR count). The molecule has 0 aliphatic heterocycles. The fourth-order valence-corrected chi connectivity index (χ4v) is 6.06. The van der Waals surface area contributed by atoms with Crippen LogP contribution in [0.4, 0.5) is 0 Å². The molecule has 0 amide bonds. The van der Waals surface area contributed by atoms with E-state index in [4.69, 9.17) is 0 Å². The van der Waals surface area contributed by atoms with Crippen LogP contribution in [0.25, 0.3) is 0 Å². The number of benzene rings is 4. The zero-order chi connectivity index (χ0) is 18.5. The van der Waals surface area contributed by atoms with Gasteiger partial charge in [-0.15, -0.1) is 0 Å². The van der Waals surface area contributed by atoms with Crippen molar-refractivity contribution in [1.29, 1.82) is 0 Å². The van der Waals surface area contributed by atoms with E-state index in [1.807, 2.05) is 11.8 Å². The Morgan fingerprint density at radius 3 is 1.37 bits per heavy atom. The average molecular weight is 497 g/mol. The van der Waals surface area contributed by atoms with E-state index in [9.17, 15) is 0 Å². The van der Waals surface area contributed by atoms with Crippen molar-refractivity contribution in [2.45, 2.75) is 24.5 Å². The zero-order valence-electron chi connectivity index (χ0n) is 14.6. The zero-order valence-corrected chi connectivity index (χ0v) is 18.4. The third kappa shape index (κ3) is 4.78. The van der Waals surface area contributed by atoms with Crippen molar-refractivity contribution in [1.82, 2.24) is 0 Å². The minimum Gasteiger partial charge on any atom is -0.0901 e. The Labute approximate surface area is 181 Å². The lowest BCUT2D eigenvalue weighted by Gasteiger charge is -2.08. The van der Waals surface area contributed by atoms with Gasteiger partial charge in [0.25, 0.3) is 0 Å². The molecule has 0 aliphatic carbocycles. The van der Waals surface area contributed by atoms with Gasteiger partial charge in [0.1, 0.15) is 0 Å². The molecular weight excluding hydrogens is 479 g/mol. The van der Waals surface area contributed by atoms with Crippen LogP contribution in [0, 0.1) is 3.57 Å². The summed E-state index contributed by atoms with van der Waals surface area (Å²) < 4.78 is 1.27. The molecule has 132 valence electrons. The van der Waals surface area contributed by atoms with Gasteiger partial charge < -0.3 is 0 Å². The quantitative estimate of drug-likeness (QED) is 0.203. The highest BCUT2D eigenvalue weighted by molar-refractivity contribution is 14.1. The molecule has 0 saturated carbocycles. The lowest BCUT2D eigenvalue weighted by atomic mass is 10.3. The molecule has 0 aromatic heterocycles. The lowest BCUT2D eigenvalue weighted by molar-refractivity contribution is 1.28. The maximum absolute atomic E-state index is 2.34. The Hall–Kier alpha value is -1.69. The Morgan fingerprint density at radius 2 is 0.889 bits per heavy atom. The van der Waals surface area contributed by atoms with Crippen molar-refractivity contribution in [3.05, 3.63) is 113 Å². The molecule has 0 fully saturated rings. The summed E-state index contributed by atoms with van der Waals surface area (Å²) in [6, 6.07) is 39.3. The summed E-state index contributed by atoms with van der Waals surface area (Å²) in [5, 5.41) is 0. The van der Waals surface area contributed by atoms with Gasteiger partial charge in [-0.25, -0.2) is 0 Å². The highest BCUT2D eigenvalue weighted by Crippen LogP contribution is 2.34. The summed E-state index contributed by atoms with van der Waals surface area (Å²) in [4.78, 5) is 6.58. The third-order valence-electron chi connectivity index (χ3n) is 4.07. The van der Waals surface area contributed by atoms with Crippen LogP contribution in [0.3, 0.4) is 0 Å². The molecule has 0 spiro atoms. The van der Waals surface area contributed by atoms with Gasteiger partial charge in [-0.05, 0) is 95.4 Å². The fraction of sp³-hybridized carbons (Fsp3) is 0. The number of halogens is 1. The Kier molecular flexibility index (Phi) is 6.22. The van der Waals surface area contributed by atoms with Crippen LogP contribution in [0.2, 0.25) is 0 Å². The molecule has 0 saturated heterocycles. The Morgan fingerprint density at radius 1 is 0.481 bits per heavy atom. The predicted octanol–water partition coefficient (Wildman–Crippen LogP) is 7.54. The van der Waals surface area contributed by atoms with E-state index in [0.717, 1.165) is 0 Å². The molecule has 4 aromatic rings. The third-order valence-corrected chi connectivity index (χ3v) is 8.03. The second-order valence-corrected chi connectivity index (χ2v) is 10.4. The van der Waals surface area contributed by atoms with E-state index in [1.165, 1.54) is 28.0 Å². The summed E-state index contributed by atoms with van der Waals surface area (Å²) in [7, 11) is -0.0827. The highest BCUT2D eigenvalue weighted by Gasteiger charge is 2.28. The summed E-state index contributed by atoms with van der Waals surface area (Å²) in [6.45, 7) is 0. The van der Waals surface area contributed by atoms with E-state index in [2.05, 4.69) is 132 Å². The Balaban J connectivity index is 1.64. The fourth-order valence-electron chi connectivity index (χ4n) is 2.80. The van der Waals surface area contributed by atoms with Gasteiger partial charge >= 0.3 is 0 Å². The minimum absolute atomic E-state index is 0.0827. The molecule has 0 radical (unpaired) electrons. The molecule has 3 heteroatoms. The SMILES string of the molecule is Ic1ccc(Sc2ccc([S+](c3ccccc3)c3ccccc3)cc2)cc1. The summed E-state index contributed by atoms with van der Waals surface area (Å²) in [5.74, 6) is 0. The maximum Gasteiger partial charge on any atom is 0.166 e. The topological polar surface area (TPSA) is 0 Å². The molecule has 27 heavy (non-hydrogen) atoms. The van der Waals surface area contributed by atoms with Crippen LogP contribution in [-0.2, 0) is 10.9 Å². The van der Waals surface area contributed by atoms with Crippen molar-refractivity contribution in [2.24, 2.45) is 0 Å². The second-order valence-electron chi connectivity index (χ2n) is 5.96. The van der Waals surface area contributed by atoms with Gasteiger partial charge in [0, 0.05) is 13.4 Å². The van der Waals surface area contributed by atoms with Gasteiger partial charge in [-0.1, -0.05) is 48.2 Å². The van der Waals surface area contributed by atoms with Crippen LogP contribution >= 0.6 is 34.4 Å². The molecule has 4 aromatic carbocycles. The standard InChI is InChI=1S/C24H18IS2/c25-19-11-13-20(14-12-19)26-21-15-17-24(18-16-21)27(22-7-3-1-4-8-22)23-9-5-2-6-10-23/h1-18H/q+1. The monoisotopic (exact) mass is 497 g/mol. The second kappa shape index (κ2) is 9.00. The van der Waals surface area contributed by atoms with Crippen molar-refractivity contribution in [3.8, 4) is 0 Å². The molecule has 0 nitrogen and oxygen atoms in total. The summed E-state index contributed by atoms with van der Waals surface area (Å²) in [5.41, 5.74) is 0. The van der Waals surface area contributed by atoms with Crippen LogP contribution < -0.4 is 0 Å². The van der Waals surface area contributed by atoms with Gasteiger partial charge in [0.2, 0.25) is 0 Å². The molecule has 0 bridgehead atoms. The molecule has 0 aliphatic rings. The number of hydrogen-bond acceptors (Lipinski definition) is 1. The first-order valence-corrected chi connectivity index (χ1v) is 11.8. The largest absolute Gasteiger partial charge is 0.166 e. The highest BCUT2D eigenvalue weighted by atomic mass is 127. The van der Waals surface area contributed by atoms with E-state index in [1.54, 1.807) is 0 Å². The van der Waals surface area contributed by atoms with Gasteiger partial charge in [-0.3, -0.25) is 0 Å². The van der Waals surface area contributed by atoms with Crippen molar-refractivity contribution in [3.63, 3.8) is 0 Å². The van der Waals surface area contributed by atoms with Gasteiger partial charge in [0.15, 0.2) is 14.7 Å². The predicted molar refractivity (Wildman–Crippen MR) is 125 cm³/mol. The first-order chi connectivity index (χ1) is 13.3. The van der Waals surface area contributed by atoms with Gasteiger partial charge in [0.05, 0.1) is 10.9 Å². The first-order valence-electron chi connectivity index (χ1n) is 8.67. The van der Waals surface area contributed by atoms with Gasteiger partial charge in [-0.2, -0.15) is 0 Å². The van der Waals surface area contributed by atoms with Crippen molar-refractivity contribution in [2.75, 3.05) is 0 Å². The minimum atomic E-state index is -0.0827. The maximum atomic E-state index is 2.34. The van der Waals surface area contributed by atoms with Crippen LogP contribution in [0.1, 0.15) is 0 Å². The number of rotatable bonds is 5. The normalized spacial score (nSPS) is 10.9. The smallest absolute Gasteiger partial charge is 0.0901 e. The van der Waals surface area contributed by atoms with Crippen molar-refractivity contribution >= 4 is 45.2 Å². The van der Waals surface area contributed by atoms with E-state index < -0.39 is 0 Å². The first kappa shape index (κ1) is 18.7. The molecule has 0 unspecified atom stereocenters. The van der Waals surface area contributed by atoms with Crippen LogP contribution in [0.15, 0.2) is 134 Å². The lowest BCUT2D eigenvalue weighted by Crippen LogP contribution is -2.04. The summed E-state index contributed by atoms with van der Waals surface area (Å²) >= 11 is 4.15. The van der Waals surface area contributed by atoms with E-state index >= 15 is 0 Å². The number of hydrogen-bond donors (Lipinski definition) is 0. The molecule has 0 heterocycles. The van der Waals surface area contributed by atoms with E-state index in [0.29, 0.717) is 0 Å². The van der Waals surface area contributed by atoms with Crippen LogP contribution in [0.5, 0.6) is 0 Å². The molecule has 0 N–H and O–H groups in total. The van der Waals surface area contributed by atoms with Crippen molar-refractivity contribution < 1.29 is 0 Å². The average Bonchev–Trinajstić information content (AvgIpc) is 2.73. The Bertz CT molecular complexity index is 942. The molecule has 0 atom stereocenters. The molecular formula is C24H18IS2+. The van der Waals surface area contributed by atoms with Crippen LogP contribution in [-0.4, -0.2) is 0 Å². The summed E-state index contributed by atoms with van der Waals surface area (Å²) in [6.07, 6.45) is 0.